The molecule has 0 saturated heterocycles. The molecule has 0 spiro atoms. The van der Waals surface area contributed by atoms with E-state index in [1.807, 2.05) is 24.3 Å². The van der Waals surface area contributed by atoms with Crippen LogP contribution in [0.3, 0.4) is 0 Å². The van der Waals surface area contributed by atoms with Crippen molar-refractivity contribution in [1.82, 2.24) is 15.3 Å². The first-order valence-electron chi connectivity index (χ1n) is 6.25. The van der Waals surface area contributed by atoms with Gasteiger partial charge < -0.3 is 15.0 Å². The minimum absolute atomic E-state index is 0.0377. The van der Waals surface area contributed by atoms with Crippen molar-refractivity contribution < 1.29 is 4.74 Å². The van der Waals surface area contributed by atoms with Crippen LogP contribution >= 0.6 is 0 Å². The molecule has 2 aromatic rings. The van der Waals surface area contributed by atoms with Crippen molar-refractivity contribution in [2.75, 3.05) is 13.7 Å². The zero-order valence-corrected chi connectivity index (χ0v) is 10.7. The van der Waals surface area contributed by atoms with Crippen molar-refractivity contribution in [2.45, 2.75) is 13.0 Å². The molecule has 5 heteroatoms. The number of aromatic nitrogens is 2. The highest BCUT2D eigenvalue weighted by Gasteiger charge is 2.15. The Labute approximate surface area is 110 Å². The van der Waals surface area contributed by atoms with Gasteiger partial charge >= 0.3 is 0 Å². The Kier molecular flexibility index (Phi) is 3.05. The van der Waals surface area contributed by atoms with Crippen LogP contribution in [-0.4, -0.2) is 23.6 Å². The summed E-state index contributed by atoms with van der Waals surface area (Å²) in [4.78, 5) is 19.5. The summed E-state index contributed by atoms with van der Waals surface area (Å²) in [7, 11) is 1.62. The van der Waals surface area contributed by atoms with Crippen molar-refractivity contribution in [3.05, 3.63) is 45.9 Å². The number of H-pyrrole nitrogens is 1. The summed E-state index contributed by atoms with van der Waals surface area (Å²) in [6, 6.07) is 7.51. The summed E-state index contributed by atoms with van der Waals surface area (Å²) in [6.07, 6.45) is 0.732. The fourth-order valence-electron chi connectivity index (χ4n) is 2.28. The molecule has 0 atom stereocenters. The van der Waals surface area contributed by atoms with Gasteiger partial charge in [-0.2, -0.15) is 0 Å². The van der Waals surface area contributed by atoms with Gasteiger partial charge in [0.2, 0.25) is 0 Å². The van der Waals surface area contributed by atoms with Crippen LogP contribution in [0.2, 0.25) is 0 Å². The lowest BCUT2D eigenvalue weighted by Crippen LogP contribution is -2.31. The smallest absolute Gasteiger partial charge is 0.254 e. The first-order valence-corrected chi connectivity index (χ1v) is 6.25. The van der Waals surface area contributed by atoms with Gasteiger partial charge in [0.15, 0.2) is 0 Å². The van der Waals surface area contributed by atoms with Crippen molar-refractivity contribution >= 4 is 0 Å². The zero-order chi connectivity index (χ0) is 13.2. The minimum atomic E-state index is -0.0377. The van der Waals surface area contributed by atoms with Crippen LogP contribution in [-0.2, 0) is 13.0 Å². The number of aromatic amines is 1. The van der Waals surface area contributed by atoms with Crippen LogP contribution in [0.5, 0.6) is 5.75 Å². The molecule has 1 aromatic carbocycles. The van der Waals surface area contributed by atoms with Gasteiger partial charge in [0.05, 0.1) is 12.8 Å². The standard InChI is InChI=1S/C14H15N3O2/c1-19-10-4-2-3-9(7-10)13-16-12-8-15-6-5-11(12)14(18)17-13/h2-4,7,15H,5-6,8H2,1H3,(H,16,17,18). The highest BCUT2D eigenvalue weighted by molar-refractivity contribution is 5.57. The van der Waals surface area contributed by atoms with Crippen LogP contribution in [0.1, 0.15) is 11.3 Å². The lowest BCUT2D eigenvalue weighted by atomic mass is 10.1. The highest BCUT2D eigenvalue weighted by Crippen LogP contribution is 2.21. The third kappa shape index (κ3) is 2.24. The molecule has 0 amide bonds. The SMILES string of the molecule is COc1cccc(-c2nc3c(c(=O)[nH]2)CCNC3)c1. The Morgan fingerprint density at radius 2 is 2.26 bits per heavy atom. The molecule has 19 heavy (non-hydrogen) atoms. The number of rotatable bonds is 2. The Morgan fingerprint density at radius 1 is 1.37 bits per heavy atom. The maximum Gasteiger partial charge on any atom is 0.254 e. The van der Waals surface area contributed by atoms with Crippen LogP contribution in [0.4, 0.5) is 0 Å². The number of fused-ring (bicyclic) bond motifs is 1. The molecule has 0 radical (unpaired) electrons. The molecule has 3 rings (SSSR count). The van der Waals surface area contributed by atoms with Crippen molar-refractivity contribution in [3.63, 3.8) is 0 Å². The predicted octanol–water partition coefficient (Wildman–Crippen LogP) is 1.09. The lowest BCUT2D eigenvalue weighted by molar-refractivity contribution is 0.415. The fourth-order valence-corrected chi connectivity index (χ4v) is 2.28. The number of hydrogen-bond acceptors (Lipinski definition) is 4. The van der Waals surface area contributed by atoms with E-state index in [0.717, 1.165) is 35.5 Å². The van der Waals surface area contributed by atoms with E-state index in [-0.39, 0.29) is 5.56 Å². The second-order valence-corrected chi connectivity index (χ2v) is 4.50. The Balaban J connectivity index is 2.10. The van der Waals surface area contributed by atoms with Crippen LogP contribution < -0.4 is 15.6 Å². The van der Waals surface area contributed by atoms with E-state index in [9.17, 15) is 4.79 Å². The quantitative estimate of drug-likeness (QED) is 0.845. The normalized spacial score (nSPS) is 13.9. The van der Waals surface area contributed by atoms with E-state index < -0.39 is 0 Å². The first-order chi connectivity index (χ1) is 9.28. The van der Waals surface area contributed by atoms with E-state index in [0.29, 0.717) is 12.4 Å². The summed E-state index contributed by atoms with van der Waals surface area (Å²) < 4.78 is 5.19. The fraction of sp³-hybridized carbons (Fsp3) is 0.286. The number of nitrogens with one attached hydrogen (secondary N) is 2. The van der Waals surface area contributed by atoms with Gasteiger partial charge in [-0.3, -0.25) is 4.79 Å². The molecule has 0 unspecified atom stereocenters. The zero-order valence-electron chi connectivity index (χ0n) is 10.7. The van der Waals surface area contributed by atoms with E-state index in [4.69, 9.17) is 4.74 Å². The number of benzene rings is 1. The van der Waals surface area contributed by atoms with Gasteiger partial charge in [-0.1, -0.05) is 12.1 Å². The average Bonchev–Trinajstić information content (AvgIpc) is 2.47. The molecule has 0 aliphatic carbocycles. The van der Waals surface area contributed by atoms with Gasteiger partial charge in [0.1, 0.15) is 11.6 Å². The summed E-state index contributed by atoms with van der Waals surface area (Å²) in [6.45, 7) is 1.48. The van der Waals surface area contributed by atoms with Crippen molar-refractivity contribution in [3.8, 4) is 17.1 Å². The van der Waals surface area contributed by atoms with Gasteiger partial charge in [0, 0.05) is 17.7 Å². The Morgan fingerprint density at radius 3 is 3.11 bits per heavy atom. The van der Waals surface area contributed by atoms with E-state index >= 15 is 0 Å². The van der Waals surface area contributed by atoms with Gasteiger partial charge in [0.25, 0.3) is 5.56 Å². The summed E-state index contributed by atoms with van der Waals surface area (Å²) in [5.74, 6) is 1.34. The van der Waals surface area contributed by atoms with Crippen LogP contribution in [0.25, 0.3) is 11.4 Å². The molecule has 98 valence electrons. The van der Waals surface area contributed by atoms with Gasteiger partial charge in [-0.15, -0.1) is 0 Å². The highest BCUT2D eigenvalue weighted by atomic mass is 16.5. The number of nitrogens with zero attached hydrogens (tertiary/aromatic N) is 1. The molecule has 0 fully saturated rings. The molecule has 2 heterocycles. The molecular formula is C14H15N3O2. The molecular weight excluding hydrogens is 242 g/mol. The average molecular weight is 257 g/mol. The van der Waals surface area contributed by atoms with Crippen molar-refractivity contribution in [2.24, 2.45) is 0 Å². The van der Waals surface area contributed by atoms with Crippen LogP contribution in [0, 0.1) is 0 Å². The van der Waals surface area contributed by atoms with Gasteiger partial charge in [-0.25, -0.2) is 4.98 Å². The molecule has 2 N–H and O–H groups in total. The Hall–Kier alpha value is -2.14. The molecule has 0 bridgehead atoms. The van der Waals surface area contributed by atoms with E-state index in [1.165, 1.54) is 0 Å². The maximum atomic E-state index is 12.1. The first kappa shape index (κ1) is 11.9. The monoisotopic (exact) mass is 257 g/mol. The topological polar surface area (TPSA) is 67.0 Å². The molecule has 1 aliphatic rings. The Bertz CT molecular complexity index is 664. The third-order valence-electron chi connectivity index (χ3n) is 3.29. The summed E-state index contributed by atoms with van der Waals surface area (Å²) >= 11 is 0. The number of hydrogen-bond donors (Lipinski definition) is 2. The van der Waals surface area contributed by atoms with Crippen molar-refractivity contribution in [1.29, 1.82) is 0 Å². The van der Waals surface area contributed by atoms with E-state index in [2.05, 4.69) is 15.3 Å². The maximum absolute atomic E-state index is 12.1. The summed E-state index contributed by atoms with van der Waals surface area (Å²) in [5.41, 5.74) is 2.45. The third-order valence-corrected chi connectivity index (χ3v) is 3.29. The largest absolute Gasteiger partial charge is 0.497 e. The molecule has 1 aliphatic heterocycles. The second-order valence-electron chi connectivity index (χ2n) is 4.50. The predicted molar refractivity (Wildman–Crippen MR) is 72.3 cm³/mol. The van der Waals surface area contributed by atoms with Gasteiger partial charge in [-0.05, 0) is 25.1 Å². The molecule has 0 saturated carbocycles. The minimum Gasteiger partial charge on any atom is -0.497 e. The molecule has 1 aromatic heterocycles. The van der Waals surface area contributed by atoms with E-state index in [1.54, 1.807) is 7.11 Å². The number of ether oxygens (including phenoxy) is 1. The lowest BCUT2D eigenvalue weighted by Gasteiger charge is -2.16. The summed E-state index contributed by atoms with van der Waals surface area (Å²) in [5, 5.41) is 3.23. The second kappa shape index (κ2) is 4.85. The number of methoxy groups -OCH3 is 1. The molecule has 5 nitrogen and oxygen atoms in total. The van der Waals surface area contributed by atoms with Crippen LogP contribution in [0.15, 0.2) is 29.1 Å².